The highest BCUT2D eigenvalue weighted by molar-refractivity contribution is 6.39. The van der Waals surface area contributed by atoms with Crippen LogP contribution in [-0.4, -0.2) is 25.1 Å². The number of methoxy groups -OCH3 is 1. The summed E-state index contributed by atoms with van der Waals surface area (Å²) in [6.45, 7) is 3.97. The number of anilines is 1. The Labute approximate surface area is 207 Å². The molecular formula is C25H23Cl2N3O4. The molecule has 34 heavy (non-hydrogen) atoms. The van der Waals surface area contributed by atoms with Crippen LogP contribution in [0.4, 0.5) is 5.69 Å². The van der Waals surface area contributed by atoms with Crippen molar-refractivity contribution < 1.29 is 19.1 Å². The number of carbonyl (C=O) groups is 2. The first-order valence-electron chi connectivity index (χ1n) is 10.2. The molecule has 0 aliphatic carbocycles. The second-order valence-electron chi connectivity index (χ2n) is 7.32. The van der Waals surface area contributed by atoms with Crippen LogP contribution in [0.15, 0.2) is 59.7 Å². The summed E-state index contributed by atoms with van der Waals surface area (Å²) in [6.07, 6.45) is 1.35. The fourth-order valence-electron chi connectivity index (χ4n) is 2.98. The number of benzene rings is 3. The molecule has 0 aromatic heterocycles. The van der Waals surface area contributed by atoms with E-state index in [0.29, 0.717) is 38.4 Å². The zero-order valence-corrected chi connectivity index (χ0v) is 20.3. The number of carbonyl (C=O) groups excluding carboxylic acids is 2. The molecule has 0 aliphatic rings. The van der Waals surface area contributed by atoms with Crippen LogP contribution in [0.1, 0.15) is 22.3 Å². The van der Waals surface area contributed by atoms with Crippen LogP contribution >= 0.6 is 23.2 Å². The number of ether oxygens (including phenoxy) is 2. The first-order valence-corrected chi connectivity index (χ1v) is 11.0. The molecule has 0 saturated carbocycles. The van der Waals surface area contributed by atoms with Crippen molar-refractivity contribution in [2.24, 2.45) is 5.10 Å². The Bertz CT molecular complexity index is 1220. The van der Waals surface area contributed by atoms with E-state index < -0.39 is 11.8 Å². The molecule has 9 heteroatoms. The molecule has 0 unspecified atom stereocenters. The predicted octanol–water partition coefficient (Wildman–Crippen LogP) is 5.29. The summed E-state index contributed by atoms with van der Waals surface area (Å²) in [5.74, 6) is -0.928. The monoisotopic (exact) mass is 499 g/mol. The van der Waals surface area contributed by atoms with Gasteiger partial charge in [-0.15, -0.1) is 0 Å². The summed E-state index contributed by atoms with van der Waals surface area (Å²) >= 11 is 12.4. The number of hydrogen-bond donors (Lipinski definition) is 2. The van der Waals surface area contributed by atoms with Gasteiger partial charge in [0.15, 0.2) is 11.5 Å². The van der Waals surface area contributed by atoms with Gasteiger partial charge in [0.1, 0.15) is 6.61 Å². The summed E-state index contributed by atoms with van der Waals surface area (Å²) in [5, 5.41) is 7.38. The maximum atomic E-state index is 12.2. The van der Waals surface area contributed by atoms with Crippen molar-refractivity contribution in [2.45, 2.75) is 20.5 Å². The van der Waals surface area contributed by atoms with Gasteiger partial charge in [0.25, 0.3) is 0 Å². The van der Waals surface area contributed by atoms with Crippen LogP contribution in [0.5, 0.6) is 11.5 Å². The van der Waals surface area contributed by atoms with E-state index in [-0.39, 0.29) is 6.61 Å². The van der Waals surface area contributed by atoms with Crippen molar-refractivity contribution in [2.75, 3.05) is 12.4 Å². The lowest BCUT2D eigenvalue weighted by atomic mass is 10.1. The van der Waals surface area contributed by atoms with Crippen LogP contribution in [0, 0.1) is 13.8 Å². The molecule has 176 valence electrons. The van der Waals surface area contributed by atoms with Crippen molar-refractivity contribution in [1.29, 1.82) is 0 Å². The SMILES string of the molecule is COc1cccc(/C=N\NC(=O)C(=O)Nc2ccc(C)c(C)c2)c1OCc1c(Cl)cccc1Cl. The van der Waals surface area contributed by atoms with E-state index in [1.807, 2.05) is 19.9 Å². The highest BCUT2D eigenvalue weighted by Gasteiger charge is 2.15. The van der Waals surface area contributed by atoms with Crippen LogP contribution in [0.25, 0.3) is 0 Å². The van der Waals surface area contributed by atoms with Crippen molar-refractivity contribution in [1.82, 2.24) is 5.43 Å². The first kappa shape index (κ1) is 25.1. The molecule has 3 rings (SSSR count). The summed E-state index contributed by atoms with van der Waals surface area (Å²) in [6, 6.07) is 15.7. The van der Waals surface area contributed by atoms with Crippen molar-refractivity contribution in [3.05, 3.63) is 86.9 Å². The topological polar surface area (TPSA) is 89.0 Å². The molecule has 0 aliphatic heterocycles. The molecule has 0 fully saturated rings. The van der Waals surface area contributed by atoms with Crippen LogP contribution < -0.4 is 20.2 Å². The molecule has 0 radical (unpaired) electrons. The summed E-state index contributed by atoms with van der Waals surface area (Å²) in [4.78, 5) is 24.3. The number of rotatable bonds is 7. The minimum atomic E-state index is -0.914. The smallest absolute Gasteiger partial charge is 0.329 e. The number of hydrazone groups is 1. The first-order chi connectivity index (χ1) is 16.3. The summed E-state index contributed by atoms with van der Waals surface area (Å²) in [5.41, 5.74) is 5.95. The highest BCUT2D eigenvalue weighted by atomic mass is 35.5. The van der Waals surface area contributed by atoms with E-state index in [4.69, 9.17) is 32.7 Å². The van der Waals surface area contributed by atoms with Gasteiger partial charge in [-0.05, 0) is 61.4 Å². The van der Waals surface area contributed by atoms with Crippen molar-refractivity contribution >= 4 is 46.9 Å². The van der Waals surface area contributed by atoms with Crippen molar-refractivity contribution in [3.63, 3.8) is 0 Å². The third kappa shape index (κ3) is 6.27. The van der Waals surface area contributed by atoms with Gasteiger partial charge < -0.3 is 14.8 Å². The molecular weight excluding hydrogens is 477 g/mol. The number of amides is 2. The van der Waals surface area contributed by atoms with Gasteiger partial charge in [0.05, 0.1) is 13.3 Å². The Kier molecular flexibility index (Phi) is 8.51. The molecule has 0 saturated heterocycles. The van der Waals surface area contributed by atoms with Gasteiger partial charge in [0, 0.05) is 26.9 Å². The number of nitrogens with zero attached hydrogens (tertiary/aromatic N) is 1. The van der Waals surface area contributed by atoms with Crippen LogP contribution in [-0.2, 0) is 16.2 Å². The van der Waals surface area contributed by atoms with E-state index >= 15 is 0 Å². The van der Waals surface area contributed by atoms with E-state index in [1.54, 1.807) is 48.5 Å². The largest absolute Gasteiger partial charge is 0.493 e. The highest BCUT2D eigenvalue weighted by Crippen LogP contribution is 2.33. The molecule has 2 N–H and O–H groups in total. The maximum absolute atomic E-state index is 12.2. The lowest BCUT2D eigenvalue weighted by Gasteiger charge is -2.14. The molecule has 0 spiro atoms. The molecule has 2 amide bonds. The third-order valence-electron chi connectivity index (χ3n) is 4.99. The van der Waals surface area contributed by atoms with Gasteiger partial charge in [-0.25, -0.2) is 5.43 Å². The van der Waals surface area contributed by atoms with Crippen LogP contribution in [0.2, 0.25) is 10.0 Å². The quantitative estimate of drug-likeness (QED) is 0.262. The van der Waals surface area contributed by atoms with E-state index in [0.717, 1.165) is 11.1 Å². The van der Waals surface area contributed by atoms with E-state index in [9.17, 15) is 9.59 Å². The lowest BCUT2D eigenvalue weighted by molar-refractivity contribution is -0.136. The van der Waals surface area contributed by atoms with Crippen molar-refractivity contribution in [3.8, 4) is 11.5 Å². The zero-order valence-electron chi connectivity index (χ0n) is 18.8. The minimum absolute atomic E-state index is 0.0877. The fourth-order valence-corrected chi connectivity index (χ4v) is 3.49. The second kappa shape index (κ2) is 11.5. The average molecular weight is 500 g/mol. The average Bonchev–Trinajstić information content (AvgIpc) is 2.81. The maximum Gasteiger partial charge on any atom is 0.329 e. The Morgan fingerprint density at radius 2 is 1.68 bits per heavy atom. The summed E-state index contributed by atoms with van der Waals surface area (Å²) < 4.78 is 11.3. The standard InChI is InChI=1S/C25H23Cl2N3O4/c1-15-10-11-18(12-16(15)2)29-24(31)25(32)30-28-13-17-6-4-9-22(33-3)23(17)34-14-19-20(26)7-5-8-21(19)27/h4-13H,14H2,1-3H3,(H,29,31)(H,30,32)/b28-13-. The van der Waals surface area contributed by atoms with Crippen LogP contribution in [0.3, 0.4) is 0 Å². The molecule has 3 aromatic rings. The molecule has 7 nitrogen and oxygen atoms in total. The van der Waals surface area contributed by atoms with E-state index in [1.165, 1.54) is 13.3 Å². The Morgan fingerprint density at radius 3 is 2.35 bits per heavy atom. The van der Waals surface area contributed by atoms with Gasteiger partial charge in [0.2, 0.25) is 0 Å². The van der Waals surface area contributed by atoms with Gasteiger partial charge in [-0.2, -0.15) is 5.10 Å². The second-order valence-corrected chi connectivity index (χ2v) is 8.13. The molecule has 0 atom stereocenters. The molecule has 3 aromatic carbocycles. The molecule has 0 heterocycles. The number of nitrogens with one attached hydrogen (secondary N) is 2. The zero-order chi connectivity index (χ0) is 24.7. The van der Waals surface area contributed by atoms with E-state index in [2.05, 4.69) is 15.8 Å². The van der Waals surface area contributed by atoms with Gasteiger partial charge in [-0.1, -0.05) is 41.4 Å². The number of aryl methyl sites for hydroxylation is 2. The Hall–Kier alpha value is -3.55. The predicted molar refractivity (Wildman–Crippen MR) is 134 cm³/mol. The number of halogens is 2. The fraction of sp³-hybridized carbons (Fsp3) is 0.160. The normalized spacial score (nSPS) is 10.7. The Balaban J connectivity index is 1.69. The summed E-state index contributed by atoms with van der Waals surface area (Å²) in [7, 11) is 1.50. The van der Waals surface area contributed by atoms with Gasteiger partial charge in [-0.3, -0.25) is 9.59 Å². The number of hydrogen-bond acceptors (Lipinski definition) is 5. The number of para-hydroxylation sites is 1. The Morgan fingerprint density at radius 1 is 0.971 bits per heavy atom. The van der Waals surface area contributed by atoms with Gasteiger partial charge >= 0.3 is 11.8 Å². The third-order valence-corrected chi connectivity index (χ3v) is 5.70. The molecule has 0 bridgehead atoms. The lowest BCUT2D eigenvalue weighted by Crippen LogP contribution is -2.32. The minimum Gasteiger partial charge on any atom is -0.493 e.